The van der Waals surface area contributed by atoms with Crippen molar-refractivity contribution in [2.24, 2.45) is 5.73 Å². The van der Waals surface area contributed by atoms with E-state index in [9.17, 15) is 0 Å². The van der Waals surface area contributed by atoms with Gasteiger partial charge in [0.05, 0.1) is 5.03 Å². The molecule has 0 saturated carbocycles. The zero-order chi connectivity index (χ0) is 5.70. The summed E-state index contributed by atoms with van der Waals surface area (Å²) >= 11 is 1.52. The maximum Gasteiger partial charge on any atom is 0.0652 e. The zero-order valence-corrected chi connectivity index (χ0v) is 5.16. The first-order chi connectivity index (χ1) is 3.31. The van der Waals surface area contributed by atoms with Crippen LogP contribution in [0.25, 0.3) is 0 Å². The van der Waals surface area contributed by atoms with Gasteiger partial charge < -0.3 is 5.73 Å². The molecule has 0 aliphatic carbocycles. The summed E-state index contributed by atoms with van der Waals surface area (Å²) in [6, 6.07) is 0. The van der Waals surface area contributed by atoms with Crippen molar-refractivity contribution in [1.29, 1.82) is 0 Å². The normalized spacial score (nSPS) is 11.3. The second-order valence-electron chi connectivity index (χ2n) is 1.01. The van der Waals surface area contributed by atoms with Gasteiger partial charge in [0.25, 0.3) is 0 Å². The predicted molar refractivity (Wildman–Crippen MR) is 36.0 cm³/mol. The molecule has 2 heteroatoms. The molecule has 0 rings (SSSR count). The lowest BCUT2D eigenvalue weighted by Crippen LogP contribution is -1.87. The third-order valence-electron chi connectivity index (χ3n) is 0.518. The molecule has 1 nitrogen and oxygen atoms in total. The van der Waals surface area contributed by atoms with Crippen LogP contribution in [0.15, 0.2) is 23.8 Å². The van der Waals surface area contributed by atoms with Crippen LogP contribution in [0.1, 0.15) is 0 Å². The van der Waals surface area contributed by atoms with E-state index in [2.05, 4.69) is 6.58 Å². The highest BCUT2D eigenvalue weighted by atomic mass is 32.2. The lowest BCUT2D eigenvalue weighted by molar-refractivity contribution is 1.55. The van der Waals surface area contributed by atoms with Crippen molar-refractivity contribution in [3.05, 3.63) is 23.8 Å². The van der Waals surface area contributed by atoms with Crippen LogP contribution >= 0.6 is 11.8 Å². The van der Waals surface area contributed by atoms with Crippen molar-refractivity contribution in [2.75, 3.05) is 6.26 Å². The number of nitrogens with two attached hydrogens (primary N) is 1. The van der Waals surface area contributed by atoms with Crippen LogP contribution in [-0.4, -0.2) is 6.26 Å². The van der Waals surface area contributed by atoms with E-state index in [4.69, 9.17) is 5.73 Å². The van der Waals surface area contributed by atoms with Gasteiger partial charge in [-0.2, -0.15) is 0 Å². The minimum Gasteiger partial charge on any atom is -0.394 e. The number of hydrogen-bond donors (Lipinski definition) is 1. The van der Waals surface area contributed by atoms with Crippen molar-refractivity contribution in [2.45, 2.75) is 0 Å². The van der Waals surface area contributed by atoms with Crippen LogP contribution < -0.4 is 5.73 Å². The van der Waals surface area contributed by atoms with Gasteiger partial charge in [-0.15, -0.1) is 11.8 Å². The average molecular weight is 115 g/mol. The van der Waals surface area contributed by atoms with Crippen molar-refractivity contribution >= 4 is 11.8 Å². The van der Waals surface area contributed by atoms with Gasteiger partial charge >= 0.3 is 0 Å². The van der Waals surface area contributed by atoms with Gasteiger partial charge in [-0.05, 0) is 12.3 Å². The maximum atomic E-state index is 5.34. The Hall–Kier alpha value is -0.370. The average Bonchev–Trinajstić information content (AvgIpc) is 1.68. The monoisotopic (exact) mass is 115 g/mol. The first-order valence-corrected chi connectivity index (χ1v) is 3.16. The van der Waals surface area contributed by atoms with Crippen LogP contribution in [0, 0.1) is 0 Å². The Labute approximate surface area is 48.3 Å². The van der Waals surface area contributed by atoms with Gasteiger partial charge in [-0.3, -0.25) is 0 Å². The molecule has 40 valence electrons. The molecule has 0 aliphatic heterocycles. The molecular weight excluding hydrogens is 106 g/mol. The maximum absolute atomic E-state index is 5.34. The number of allylic oxidation sites excluding steroid dienone is 2. The molecular formula is C5H9NS. The Balaban J connectivity index is 3.49. The molecule has 2 N–H and O–H groups in total. The summed E-state index contributed by atoms with van der Waals surface area (Å²) in [5.41, 5.74) is 5.34. The molecule has 0 spiro atoms. The quantitative estimate of drug-likeness (QED) is 0.549. The van der Waals surface area contributed by atoms with E-state index in [0.29, 0.717) is 0 Å². The van der Waals surface area contributed by atoms with E-state index in [0.717, 1.165) is 5.03 Å². The molecule has 0 aromatic heterocycles. The Morgan fingerprint density at radius 3 is 2.57 bits per heavy atom. The van der Waals surface area contributed by atoms with Crippen LogP contribution in [-0.2, 0) is 0 Å². The Bertz CT molecular complexity index is 86.1. The minimum atomic E-state index is 0.801. The van der Waals surface area contributed by atoms with Gasteiger partial charge in [0.1, 0.15) is 0 Å². The van der Waals surface area contributed by atoms with Gasteiger partial charge in [0.15, 0.2) is 0 Å². The fourth-order valence-corrected chi connectivity index (χ4v) is 0.417. The summed E-state index contributed by atoms with van der Waals surface area (Å²) in [5, 5.41) is 0.801. The molecule has 0 heterocycles. The first kappa shape index (κ1) is 6.63. The number of thioether (sulfide) groups is 1. The standard InChI is InChI=1S/C5H9NS/c1-3-4-5(6)7-2/h3-4H,1,6H2,2H3/b5-4+. The Kier molecular flexibility index (Phi) is 3.61. The zero-order valence-electron chi connectivity index (χ0n) is 4.35. The lowest BCUT2D eigenvalue weighted by atomic mass is 10.6. The summed E-state index contributed by atoms with van der Waals surface area (Å²) in [6.07, 6.45) is 5.37. The van der Waals surface area contributed by atoms with E-state index >= 15 is 0 Å². The van der Waals surface area contributed by atoms with Crippen molar-refractivity contribution in [3.63, 3.8) is 0 Å². The smallest absolute Gasteiger partial charge is 0.0652 e. The largest absolute Gasteiger partial charge is 0.394 e. The molecule has 0 saturated heterocycles. The van der Waals surface area contributed by atoms with E-state index in [1.54, 1.807) is 12.2 Å². The molecule has 0 radical (unpaired) electrons. The van der Waals surface area contributed by atoms with Gasteiger partial charge in [0, 0.05) is 0 Å². The van der Waals surface area contributed by atoms with Crippen molar-refractivity contribution in [1.82, 2.24) is 0 Å². The molecule has 0 atom stereocenters. The molecule has 0 unspecified atom stereocenters. The lowest BCUT2D eigenvalue weighted by Gasteiger charge is -1.86. The molecule has 0 amide bonds. The van der Waals surface area contributed by atoms with Gasteiger partial charge in [-0.1, -0.05) is 12.7 Å². The summed E-state index contributed by atoms with van der Waals surface area (Å²) in [6.45, 7) is 3.48. The molecule has 7 heavy (non-hydrogen) atoms. The summed E-state index contributed by atoms with van der Waals surface area (Å²) in [4.78, 5) is 0. The first-order valence-electron chi connectivity index (χ1n) is 1.93. The van der Waals surface area contributed by atoms with Crippen LogP contribution in [0.5, 0.6) is 0 Å². The molecule has 0 aromatic carbocycles. The fraction of sp³-hybridized carbons (Fsp3) is 0.200. The highest BCUT2D eigenvalue weighted by Gasteiger charge is 1.75. The number of rotatable bonds is 2. The highest BCUT2D eigenvalue weighted by molar-refractivity contribution is 8.02. The molecule has 0 fully saturated rings. The van der Waals surface area contributed by atoms with Crippen LogP contribution in [0.2, 0.25) is 0 Å². The minimum absolute atomic E-state index is 0.801. The summed E-state index contributed by atoms with van der Waals surface area (Å²) in [5.74, 6) is 0. The van der Waals surface area contributed by atoms with E-state index in [1.807, 2.05) is 6.26 Å². The second-order valence-corrected chi connectivity index (χ2v) is 1.89. The third-order valence-corrected chi connectivity index (χ3v) is 1.13. The Morgan fingerprint density at radius 2 is 2.43 bits per heavy atom. The van der Waals surface area contributed by atoms with Gasteiger partial charge in [0.2, 0.25) is 0 Å². The van der Waals surface area contributed by atoms with E-state index in [-0.39, 0.29) is 0 Å². The molecule has 0 bridgehead atoms. The van der Waals surface area contributed by atoms with Gasteiger partial charge in [-0.25, -0.2) is 0 Å². The van der Waals surface area contributed by atoms with Crippen LogP contribution in [0.3, 0.4) is 0 Å². The van der Waals surface area contributed by atoms with E-state index in [1.165, 1.54) is 11.8 Å². The van der Waals surface area contributed by atoms with E-state index < -0.39 is 0 Å². The molecule has 0 aromatic rings. The highest BCUT2D eigenvalue weighted by Crippen LogP contribution is 2.01. The van der Waals surface area contributed by atoms with Crippen LogP contribution in [0.4, 0.5) is 0 Å². The summed E-state index contributed by atoms with van der Waals surface area (Å²) in [7, 11) is 0. The Morgan fingerprint density at radius 1 is 1.86 bits per heavy atom. The second kappa shape index (κ2) is 3.81. The van der Waals surface area contributed by atoms with Crippen molar-refractivity contribution < 1.29 is 0 Å². The SMILES string of the molecule is C=C/C=C(\N)SC. The summed E-state index contributed by atoms with van der Waals surface area (Å²) < 4.78 is 0. The topological polar surface area (TPSA) is 26.0 Å². The molecule has 0 aliphatic rings. The number of hydrogen-bond acceptors (Lipinski definition) is 2. The fourth-order valence-electron chi connectivity index (χ4n) is 0.184. The van der Waals surface area contributed by atoms with Crippen molar-refractivity contribution in [3.8, 4) is 0 Å². The third kappa shape index (κ3) is 3.46. The predicted octanol–water partition coefficient (Wildman–Crippen LogP) is 1.34.